The molecule has 6 nitrogen and oxygen atoms in total. The minimum Gasteiger partial charge on any atom is -0.494 e. The normalized spacial score (nSPS) is 15.5. The molecule has 0 aliphatic carbocycles. The summed E-state index contributed by atoms with van der Waals surface area (Å²) in [6, 6.07) is 11.1. The van der Waals surface area contributed by atoms with E-state index in [0.717, 1.165) is 37.4 Å². The average Bonchev–Trinajstić information content (AvgIpc) is 3.24. The highest BCUT2D eigenvalue weighted by molar-refractivity contribution is 5.94. The number of rotatable bonds is 9. The molecule has 0 saturated carbocycles. The van der Waals surface area contributed by atoms with E-state index in [4.69, 9.17) is 13.9 Å². The zero-order valence-electron chi connectivity index (χ0n) is 16.3. The molecule has 1 amide bonds. The molecule has 0 spiro atoms. The van der Waals surface area contributed by atoms with Crippen LogP contribution in [-0.4, -0.2) is 50.3 Å². The van der Waals surface area contributed by atoms with Crippen LogP contribution in [0.2, 0.25) is 0 Å². The number of amides is 1. The Hall–Kier alpha value is -2.02. The number of nitrogens with one attached hydrogen (secondary N) is 1. The van der Waals surface area contributed by atoms with Crippen LogP contribution in [0.25, 0.3) is 0 Å². The Morgan fingerprint density at radius 1 is 1.21 bits per heavy atom. The van der Waals surface area contributed by atoms with Gasteiger partial charge in [-0.25, -0.2) is 0 Å². The Balaban J connectivity index is 0.00000280. The monoisotopic (exact) mass is 408 g/mol. The molecular formula is C21H29ClN2O4. The van der Waals surface area contributed by atoms with Crippen molar-refractivity contribution < 1.29 is 18.7 Å². The van der Waals surface area contributed by atoms with Crippen LogP contribution in [0.4, 0.5) is 0 Å². The summed E-state index contributed by atoms with van der Waals surface area (Å²) in [5.41, 5.74) is 0.623. The van der Waals surface area contributed by atoms with Crippen LogP contribution in [0.3, 0.4) is 0 Å². The van der Waals surface area contributed by atoms with E-state index in [-0.39, 0.29) is 24.4 Å². The third kappa shape index (κ3) is 6.26. The molecule has 28 heavy (non-hydrogen) atoms. The van der Waals surface area contributed by atoms with Crippen LogP contribution in [0, 0.1) is 0 Å². The number of morpholine rings is 1. The zero-order valence-corrected chi connectivity index (χ0v) is 17.1. The van der Waals surface area contributed by atoms with Gasteiger partial charge in [0.05, 0.1) is 32.1 Å². The summed E-state index contributed by atoms with van der Waals surface area (Å²) in [4.78, 5) is 14.8. The van der Waals surface area contributed by atoms with Crippen molar-refractivity contribution in [1.82, 2.24) is 10.2 Å². The smallest absolute Gasteiger partial charge is 0.251 e. The maximum Gasteiger partial charge on any atom is 0.251 e. The minimum atomic E-state index is -0.0973. The van der Waals surface area contributed by atoms with Crippen molar-refractivity contribution in [3.63, 3.8) is 0 Å². The predicted octanol–water partition coefficient (Wildman–Crippen LogP) is 3.68. The Morgan fingerprint density at radius 3 is 2.61 bits per heavy atom. The van der Waals surface area contributed by atoms with Gasteiger partial charge in [0.2, 0.25) is 0 Å². The number of benzene rings is 1. The summed E-state index contributed by atoms with van der Waals surface area (Å²) < 4.78 is 16.7. The van der Waals surface area contributed by atoms with Crippen LogP contribution in [0.5, 0.6) is 5.75 Å². The molecule has 1 atom stereocenters. The van der Waals surface area contributed by atoms with Gasteiger partial charge >= 0.3 is 0 Å². The number of carbonyl (C=O) groups is 1. The molecule has 1 aromatic carbocycles. The first-order chi connectivity index (χ1) is 13.3. The van der Waals surface area contributed by atoms with Gasteiger partial charge in [-0.1, -0.05) is 13.3 Å². The van der Waals surface area contributed by atoms with Crippen molar-refractivity contribution in [2.75, 3.05) is 39.5 Å². The zero-order chi connectivity index (χ0) is 18.9. The summed E-state index contributed by atoms with van der Waals surface area (Å²) in [7, 11) is 0. The first kappa shape index (κ1) is 22.3. The molecule has 7 heteroatoms. The summed E-state index contributed by atoms with van der Waals surface area (Å²) in [5.74, 6) is 1.55. The lowest BCUT2D eigenvalue weighted by Crippen LogP contribution is -2.43. The number of hydrogen-bond donors (Lipinski definition) is 1. The molecular weight excluding hydrogens is 380 g/mol. The van der Waals surface area contributed by atoms with Gasteiger partial charge in [-0.05, 0) is 42.8 Å². The largest absolute Gasteiger partial charge is 0.494 e. The van der Waals surface area contributed by atoms with Gasteiger partial charge in [0.1, 0.15) is 11.5 Å². The number of unbranched alkanes of at least 4 members (excludes halogenated alkanes) is 1. The summed E-state index contributed by atoms with van der Waals surface area (Å²) in [6.45, 7) is 6.36. The summed E-state index contributed by atoms with van der Waals surface area (Å²) in [5, 5.41) is 3.03. The quantitative estimate of drug-likeness (QED) is 0.641. The van der Waals surface area contributed by atoms with Crippen molar-refractivity contribution in [3.8, 4) is 5.75 Å². The van der Waals surface area contributed by atoms with Gasteiger partial charge in [0, 0.05) is 25.2 Å². The van der Waals surface area contributed by atoms with Gasteiger partial charge < -0.3 is 19.2 Å². The highest BCUT2D eigenvalue weighted by Crippen LogP contribution is 2.22. The SMILES string of the molecule is CCCCOc1ccc(C(=O)NCC(c2ccco2)N2CCOCC2)cc1.Cl. The van der Waals surface area contributed by atoms with E-state index in [1.54, 1.807) is 18.4 Å². The van der Waals surface area contributed by atoms with E-state index >= 15 is 0 Å². The van der Waals surface area contributed by atoms with Crippen molar-refractivity contribution in [2.24, 2.45) is 0 Å². The highest BCUT2D eigenvalue weighted by atomic mass is 35.5. The van der Waals surface area contributed by atoms with E-state index in [1.807, 2.05) is 24.3 Å². The lowest BCUT2D eigenvalue weighted by atomic mass is 10.1. The second-order valence-electron chi connectivity index (χ2n) is 6.62. The van der Waals surface area contributed by atoms with Crippen LogP contribution in [-0.2, 0) is 4.74 Å². The Labute approximate surface area is 172 Å². The standard InChI is InChI=1S/C21H28N2O4.ClH/c1-2-3-12-26-18-8-6-17(7-9-18)21(24)22-16-19(20-5-4-13-27-20)23-10-14-25-15-11-23;/h4-9,13,19H,2-3,10-12,14-16H2,1H3,(H,22,24);1H. The lowest BCUT2D eigenvalue weighted by molar-refractivity contribution is 0.0118. The number of hydrogen-bond acceptors (Lipinski definition) is 5. The van der Waals surface area contributed by atoms with Crippen molar-refractivity contribution in [3.05, 3.63) is 54.0 Å². The van der Waals surface area contributed by atoms with Crippen LogP contribution in [0.15, 0.2) is 47.1 Å². The number of nitrogens with zero attached hydrogens (tertiary/aromatic N) is 1. The molecule has 1 saturated heterocycles. The van der Waals surface area contributed by atoms with Gasteiger partial charge in [-0.3, -0.25) is 9.69 Å². The number of halogens is 1. The average molecular weight is 409 g/mol. The van der Waals surface area contributed by atoms with E-state index in [1.165, 1.54) is 0 Å². The van der Waals surface area contributed by atoms with Gasteiger partial charge in [-0.2, -0.15) is 0 Å². The highest BCUT2D eigenvalue weighted by Gasteiger charge is 2.25. The van der Waals surface area contributed by atoms with E-state index in [0.29, 0.717) is 31.9 Å². The van der Waals surface area contributed by atoms with Gasteiger partial charge in [0.15, 0.2) is 0 Å². The molecule has 1 fully saturated rings. The minimum absolute atomic E-state index is 0. The van der Waals surface area contributed by atoms with E-state index in [2.05, 4.69) is 17.1 Å². The Kier molecular flexibility index (Phi) is 9.34. The Morgan fingerprint density at radius 2 is 1.96 bits per heavy atom. The Bertz CT molecular complexity index is 685. The van der Waals surface area contributed by atoms with Crippen LogP contribution in [0.1, 0.15) is 41.9 Å². The topological polar surface area (TPSA) is 63.9 Å². The van der Waals surface area contributed by atoms with Gasteiger partial charge in [0.25, 0.3) is 5.91 Å². The van der Waals surface area contributed by atoms with E-state index in [9.17, 15) is 4.79 Å². The molecule has 1 unspecified atom stereocenters. The molecule has 2 aromatic rings. The molecule has 1 aromatic heterocycles. The number of ether oxygens (including phenoxy) is 2. The number of furan rings is 1. The second-order valence-corrected chi connectivity index (χ2v) is 6.62. The third-order valence-electron chi connectivity index (χ3n) is 4.70. The molecule has 2 heterocycles. The molecule has 3 rings (SSSR count). The molecule has 1 aliphatic heterocycles. The van der Waals surface area contributed by atoms with Crippen molar-refractivity contribution in [2.45, 2.75) is 25.8 Å². The fraction of sp³-hybridized carbons (Fsp3) is 0.476. The molecule has 0 radical (unpaired) electrons. The van der Waals surface area contributed by atoms with Crippen LogP contribution >= 0.6 is 12.4 Å². The molecule has 1 aliphatic rings. The third-order valence-corrected chi connectivity index (χ3v) is 4.70. The number of carbonyl (C=O) groups excluding carboxylic acids is 1. The fourth-order valence-electron chi connectivity index (χ4n) is 3.11. The summed E-state index contributed by atoms with van der Waals surface area (Å²) in [6.07, 6.45) is 3.79. The maximum atomic E-state index is 12.5. The lowest BCUT2D eigenvalue weighted by Gasteiger charge is -2.33. The second kappa shape index (κ2) is 11.7. The molecule has 154 valence electrons. The predicted molar refractivity (Wildman–Crippen MR) is 110 cm³/mol. The summed E-state index contributed by atoms with van der Waals surface area (Å²) >= 11 is 0. The maximum absolute atomic E-state index is 12.5. The molecule has 1 N–H and O–H groups in total. The van der Waals surface area contributed by atoms with Crippen molar-refractivity contribution >= 4 is 18.3 Å². The van der Waals surface area contributed by atoms with E-state index < -0.39 is 0 Å². The fourth-order valence-corrected chi connectivity index (χ4v) is 3.11. The van der Waals surface area contributed by atoms with Gasteiger partial charge in [-0.15, -0.1) is 12.4 Å². The molecule has 0 bridgehead atoms. The first-order valence-corrected chi connectivity index (χ1v) is 9.64. The van der Waals surface area contributed by atoms with Crippen LogP contribution < -0.4 is 10.1 Å². The van der Waals surface area contributed by atoms with Crippen molar-refractivity contribution in [1.29, 1.82) is 0 Å². The first-order valence-electron chi connectivity index (χ1n) is 9.64.